The molecular weight excluding hydrogens is 190 g/mol. The maximum Gasteiger partial charge on any atom is 0.255 e. The molecule has 1 rings (SSSR count). The normalized spacial score (nSPS) is 10.4. The molecule has 82 valence electrons. The average Bonchev–Trinajstić information content (AvgIpc) is 2.18. The molecule has 2 N–H and O–H groups in total. The van der Waals surface area contributed by atoms with Gasteiger partial charge in [-0.1, -0.05) is 26.0 Å². The molecule has 0 saturated carbocycles. The summed E-state index contributed by atoms with van der Waals surface area (Å²) in [7, 11) is 0. The SMILES string of the molecule is Cc1cccc(C(=O)NCC(C)C)c1O. The Morgan fingerprint density at radius 3 is 2.73 bits per heavy atom. The van der Waals surface area contributed by atoms with Crippen LogP contribution in [0.2, 0.25) is 0 Å². The third-order valence-electron chi connectivity index (χ3n) is 2.15. The van der Waals surface area contributed by atoms with Crippen LogP contribution in [0.15, 0.2) is 18.2 Å². The highest BCUT2D eigenvalue weighted by atomic mass is 16.3. The molecule has 3 heteroatoms. The minimum Gasteiger partial charge on any atom is -0.507 e. The van der Waals surface area contributed by atoms with Crippen LogP contribution in [0.3, 0.4) is 0 Å². The van der Waals surface area contributed by atoms with E-state index < -0.39 is 0 Å². The molecule has 0 bridgehead atoms. The largest absolute Gasteiger partial charge is 0.507 e. The minimum absolute atomic E-state index is 0.0683. The summed E-state index contributed by atoms with van der Waals surface area (Å²) in [5, 5.41) is 12.4. The number of rotatable bonds is 3. The number of phenols is 1. The third kappa shape index (κ3) is 2.98. The molecule has 1 aromatic rings. The molecule has 0 aromatic heterocycles. The fourth-order valence-electron chi connectivity index (χ4n) is 1.23. The van der Waals surface area contributed by atoms with Crippen LogP contribution in [0.4, 0.5) is 0 Å². The predicted octanol–water partition coefficient (Wildman–Crippen LogP) is 2.09. The van der Waals surface area contributed by atoms with Crippen molar-refractivity contribution in [1.82, 2.24) is 5.32 Å². The highest BCUT2D eigenvalue weighted by molar-refractivity contribution is 5.97. The molecule has 0 aliphatic heterocycles. The van der Waals surface area contributed by atoms with Gasteiger partial charge in [-0.05, 0) is 24.5 Å². The lowest BCUT2D eigenvalue weighted by Crippen LogP contribution is -2.27. The van der Waals surface area contributed by atoms with Crippen LogP contribution in [-0.4, -0.2) is 17.6 Å². The van der Waals surface area contributed by atoms with Crippen molar-refractivity contribution in [1.29, 1.82) is 0 Å². The van der Waals surface area contributed by atoms with Crippen molar-refractivity contribution >= 4 is 5.91 Å². The van der Waals surface area contributed by atoms with Crippen LogP contribution >= 0.6 is 0 Å². The molecule has 0 atom stereocenters. The predicted molar refractivity (Wildman–Crippen MR) is 60.0 cm³/mol. The summed E-state index contributed by atoms with van der Waals surface area (Å²) in [5.41, 5.74) is 1.06. The van der Waals surface area contributed by atoms with Gasteiger partial charge in [0.15, 0.2) is 0 Å². The van der Waals surface area contributed by atoms with E-state index in [0.29, 0.717) is 23.6 Å². The van der Waals surface area contributed by atoms with Crippen molar-refractivity contribution in [2.45, 2.75) is 20.8 Å². The lowest BCUT2D eigenvalue weighted by atomic mass is 10.1. The molecule has 0 unspecified atom stereocenters. The second kappa shape index (κ2) is 4.82. The zero-order valence-electron chi connectivity index (χ0n) is 9.37. The molecular formula is C12H17NO2. The van der Waals surface area contributed by atoms with Crippen LogP contribution < -0.4 is 5.32 Å². The van der Waals surface area contributed by atoms with Crippen LogP contribution in [0.1, 0.15) is 29.8 Å². The first-order valence-corrected chi connectivity index (χ1v) is 5.09. The van der Waals surface area contributed by atoms with Gasteiger partial charge in [0, 0.05) is 6.54 Å². The molecule has 0 aliphatic carbocycles. The van der Waals surface area contributed by atoms with Crippen molar-refractivity contribution in [3.63, 3.8) is 0 Å². The van der Waals surface area contributed by atoms with Gasteiger partial charge in [0.2, 0.25) is 0 Å². The zero-order valence-corrected chi connectivity index (χ0v) is 9.37. The van der Waals surface area contributed by atoms with Crippen LogP contribution in [0.25, 0.3) is 0 Å². The van der Waals surface area contributed by atoms with Gasteiger partial charge in [-0.25, -0.2) is 0 Å². The second-order valence-corrected chi connectivity index (χ2v) is 4.07. The van der Waals surface area contributed by atoms with E-state index in [0.717, 1.165) is 0 Å². The van der Waals surface area contributed by atoms with Crippen molar-refractivity contribution in [2.75, 3.05) is 6.54 Å². The molecule has 0 saturated heterocycles. The molecule has 3 nitrogen and oxygen atoms in total. The van der Waals surface area contributed by atoms with Gasteiger partial charge in [0.05, 0.1) is 5.56 Å². The summed E-state index contributed by atoms with van der Waals surface area (Å²) in [6, 6.07) is 5.16. The number of hydrogen-bond acceptors (Lipinski definition) is 2. The average molecular weight is 207 g/mol. The monoisotopic (exact) mass is 207 g/mol. The van der Waals surface area contributed by atoms with Crippen LogP contribution in [-0.2, 0) is 0 Å². The van der Waals surface area contributed by atoms with E-state index in [-0.39, 0.29) is 11.7 Å². The van der Waals surface area contributed by atoms with Gasteiger partial charge in [0.1, 0.15) is 5.75 Å². The number of amides is 1. The van der Waals surface area contributed by atoms with Crippen LogP contribution in [0, 0.1) is 12.8 Å². The topological polar surface area (TPSA) is 49.3 Å². The Kier molecular flexibility index (Phi) is 3.72. The molecule has 15 heavy (non-hydrogen) atoms. The van der Waals surface area contributed by atoms with Gasteiger partial charge in [0.25, 0.3) is 5.91 Å². The summed E-state index contributed by atoms with van der Waals surface area (Å²) in [6.07, 6.45) is 0. The highest BCUT2D eigenvalue weighted by Crippen LogP contribution is 2.20. The number of benzene rings is 1. The smallest absolute Gasteiger partial charge is 0.255 e. The Labute approximate surface area is 90.1 Å². The van der Waals surface area contributed by atoms with E-state index in [1.165, 1.54) is 0 Å². The van der Waals surface area contributed by atoms with Gasteiger partial charge in [-0.15, -0.1) is 0 Å². The van der Waals surface area contributed by atoms with Gasteiger partial charge < -0.3 is 10.4 Å². The Hall–Kier alpha value is -1.51. The molecule has 0 aliphatic rings. The van der Waals surface area contributed by atoms with Gasteiger partial charge in [-0.3, -0.25) is 4.79 Å². The standard InChI is InChI=1S/C12H17NO2/c1-8(2)7-13-12(15)10-6-4-5-9(3)11(10)14/h4-6,8,14H,7H2,1-3H3,(H,13,15). The van der Waals surface area contributed by atoms with Gasteiger partial charge in [-0.2, -0.15) is 0 Å². The van der Waals surface area contributed by atoms with E-state index >= 15 is 0 Å². The fourth-order valence-corrected chi connectivity index (χ4v) is 1.23. The Balaban J connectivity index is 2.78. The maximum absolute atomic E-state index is 11.7. The first-order chi connectivity index (χ1) is 7.02. The van der Waals surface area contributed by atoms with E-state index in [1.54, 1.807) is 25.1 Å². The first-order valence-electron chi connectivity index (χ1n) is 5.09. The number of para-hydroxylation sites is 1. The Bertz CT molecular complexity index is 359. The number of carbonyl (C=O) groups excluding carboxylic acids is 1. The number of carbonyl (C=O) groups is 1. The lowest BCUT2D eigenvalue weighted by Gasteiger charge is -2.09. The number of nitrogens with one attached hydrogen (secondary N) is 1. The fraction of sp³-hybridized carbons (Fsp3) is 0.417. The Morgan fingerprint density at radius 1 is 1.47 bits per heavy atom. The molecule has 1 aromatic carbocycles. The number of aryl methyl sites for hydroxylation is 1. The molecule has 1 amide bonds. The summed E-state index contributed by atoms with van der Waals surface area (Å²) in [6.45, 7) is 6.44. The molecule has 0 heterocycles. The maximum atomic E-state index is 11.7. The van der Waals surface area contributed by atoms with Crippen molar-refractivity contribution in [2.24, 2.45) is 5.92 Å². The first kappa shape index (κ1) is 11.6. The van der Waals surface area contributed by atoms with E-state index in [9.17, 15) is 9.90 Å². The number of aromatic hydroxyl groups is 1. The van der Waals surface area contributed by atoms with E-state index in [2.05, 4.69) is 5.32 Å². The summed E-state index contributed by atoms with van der Waals surface area (Å²) in [4.78, 5) is 11.7. The summed E-state index contributed by atoms with van der Waals surface area (Å²) >= 11 is 0. The van der Waals surface area contributed by atoms with E-state index in [4.69, 9.17) is 0 Å². The zero-order chi connectivity index (χ0) is 11.4. The summed E-state index contributed by atoms with van der Waals surface area (Å²) in [5.74, 6) is 0.254. The van der Waals surface area contributed by atoms with Crippen molar-refractivity contribution in [3.05, 3.63) is 29.3 Å². The van der Waals surface area contributed by atoms with Gasteiger partial charge >= 0.3 is 0 Å². The minimum atomic E-state index is -0.218. The molecule has 0 spiro atoms. The van der Waals surface area contributed by atoms with E-state index in [1.807, 2.05) is 13.8 Å². The Morgan fingerprint density at radius 2 is 2.13 bits per heavy atom. The second-order valence-electron chi connectivity index (χ2n) is 4.07. The number of hydrogen-bond donors (Lipinski definition) is 2. The molecule has 0 fully saturated rings. The van der Waals surface area contributed by atoms with Crippen molar-refractivity contribution in [3.8, 4) is 5.75 Å². The lowest BCUT2D eigenvalue weighted by molar-refractivity contribution is 0.0946. The molecule has 0 radical (unpaired) electrons. The van der Waals surface area contributed by atoms with Crippen LogP contribution in [0.5, 0.6) is 5.75 Å². The van der Waals surface area contributed by atoms with Crippen molar-refractivity contribution < 1.29 is 9.90 Å². The summed E-state index contributed by atoms with van der Waals surface area (Å²) < 4.78 is 0. The quantitative estimate of drug-likeness (QED) is 0.797. The number of phenolic OH excluding ortho intramolecular Hbond substituents is 1. The highest BCUT2D eigenvalue weighted by Gasteiger charge is 2.11. The third-order valence-corrected chi connectivity index (χ3v) is 2.15.